The number of hydrogen-bond donors (Lipinski definition) is 1. The Bertz CT molecular complexity index is 758. The predicted octanol–water partition coefficient (Wildman–Crippen LogP) is 5.17. The quantitative estimate of drug-likeness (QED) is 0.794. The van der Waals surface area contributed by atoms with Crippen LogP contribution in [-0.2, 0) is 6.54 Å². The number of carbonyl (C=O) groups is 1. The molecule has 1 atom stereocenters. The molecule has 0 bridgehead atoms. The van der Waals surface area contributed by atoms with Crippen molar-refractivity contribution in [3.63, 3.8) is 0 Å². The van der Waals surface area contributed by atoms with Crippen molar-refractivity contribution >= 4 is 5.91 Å². The summed E-state index contributed by atoms with van der Waals surface area (Å²) in [5, 5.41) is 3.12. The third-order valence-corrected chi connectivity index (χ3v) is 5.70. The minimum atomic E-state index is -0.0120. The van der Waals surface area contributed by atoms with E-state index in [9.17, 15) is 4.79 Å². The molecular formula is C24H32N2O. The topological polar surface area (TPSA) is 32.3 Å². The highest BCUT2D eigenvalue weighted by Gasteiger charge is 2.13. The fourth-order valence-electron chi connectivity index (χ4n) is 3.71. The average molecular weight is 365 g/mol. The Kier molecular flexibility index (Phi) is 6.68. The van der Waals surface area contributed by atoms with Crippen LogP contribution in [0.5, 0.6) is 0 Å². The lowest BCUT2D eigenvalue weighted by Crippen LogP contribution is -2.27. The van der Waals surface area contributed by atoms with E-state index in [4.69, 9.17) is 0 Å². The van der Waals surface area contributed by atoms with Crippen LogP contribution < -0.4 is 5.32 Å². The number of aryl methyl sites for hydroxylation is 2. The van der Waals surface area contributed by atoms with E-state index in [1.54, 1.807) is 0 Å². The highest BCUT2D eigenvalue weighted by molar-refractivity contribution is 5.94. The number of hydrogen-bond acceptors (Lipinski definition) is 2. The molecule has 0 spiro atoms. The summed E-state index contributed by atoms with van der Waals surface area (Å²) in [5.74, 6) is -0.0120. The average Bonchev–Trinajstić information content (AvgIpc) is 2.93. The summed E-state index contributed by atoms with van der Waals surface area (Å²) >= 11 is 0. The van der Waals surface area contributed by atoms with Crippen LogP contribution in [0.25, 0.3) is 0 Å². The molecular weight excluding hydrogens is 332 g/mol. The minimum absolute atomic E-state index is 0.00595. The zero-order valence-electron chi connectivity index (χ0n) is 16.9. The maximum absolute atomic E-state index is 12.6. The second kappa shape index (κ2) is 9.18. The van der Waals surface area contributed by atoms with E-state index in [0.29, 0.717) is 0 Å². The van der Waals surface area contributed by atoms with Crippen LogP contribution in [0, 0.1) is 13.8 Å². The van der Waals surface area contributed by atoms with Crippen molar-refractivity contribution in [2.75, 3.05) is 13.1 Å². The maximum Gasteiger partial charge on any atom is 0.251 e. The molecule has 3 nitrogen and oxygen atoms in total. The third-order valence-electron chi connectivity index (χ3n) is 5.70. The number of rotatable bonds is 5. The molecule has 1 aliphatic rings. The van der Waals surface area contributed by atoms with Crippen LogP contribution in [0.1, 0.15) is 71.3 Å². The molecule has 1 aliphatic heterocycles. The predicted molar refractivity (Wildman–Crippen MR) is 112 cm³/mol. The Morgan fingerprint density at radius 1 is 0.963 bits per heavy atom. The van der Waals surface area contributed by atoms with Gasteiger partial charge in [0.15, 0.2) is 0 Å². The van der Waals surface area contributed by atoms with E-state index >= 15 is 0 Å². The highest BCUT2D eigenvalue weighted by Crippen LogP contribution is 2.18. The summed E-state index contributed by atoms with van der Waals surface area (Å²) in [5.41, 5.74) is 5.69. The minimum Gasteiger partial charge on any atom is -0.346 e. The zero-order chi connectivity index (χ0) is 19.2. The molecule has 1 saturated heterocycles. The molecule has 1 fully saturated rings. The second-order valence-corrected chi connectivity index (χ2v) is 7.93. The first-order valence-corrected chi connectivity index (χ1v) is 10.2. The van der Waals surface area contributed by atoms with E-state index in [2.05, 4.69) is 54.4 Å². The van der Waals surface area contributed by atoms with E-state index < -0.39 is 0 Å². The number of nitrogens with one attached hydrogen (secondary N) is 1. The van der Waals surface area contributed by atoms with Gasteiger partial charge in [0, 0.05) is 12.1 Å². The van der Waals surface area contributed by atoms with Gasteiger partial charge in [-0.3, -0.25) is 9.69 Å². The maximum atomic E-state index is 12.6. The van der Waals surface area contributed by atoms with Crippen molar-refractivity contribution < 1.29 is 4.79 Å². The van der Waals surface area contributed by atoms with Crippen molar-refractivity contribution in [2.45, 2.75) is 59.0 Å². The van der Waals surface area contributed by atoms with Gasteiger partial charge in [-0.25, -0.2) is 0 Å². The van der Waals surface area contributed by atoms with Gasteiger partial charge in [0.2, 0.25) is 0 Å². The standard InChI is InChI=1S/C24H32N2O/c1-18-8-11-23(16-19(18)2)20(3)25-24(27)22-12-9-21(10-13-22)17-26-14-6-4-5-7-15-26/h8-13,16,20H,4-7,14-15,17H2,1-3H3,(H,25,27)/t20-/m0/s1. The van der Waals surface area contributed by atoms with Crippen LogP contribution >= 0.6 is 0 Å². The molecule has 1 amide bonds. The molecule has 0 saturated carbocycles. The van der Waals surface area contributed by atoms with E-state index in [1.165, 1.54) is 55.5 Å². The lowest BCUT2D eigenvalue weighted by molar-refractivity contribution is 0.0940. The van der Waals surface area contributed by atoms with Crippen molar-refractivity contribution in [3.05, 3.63) is 70.3 Å². The Morgan fingerprint density at radius 2 is 1.63 bits per heavy atom. The van der Waals surface area contributed by atoms with Gasteiger partial charge in [-0.05, 0) is 81.1 Å². The van der Waals surface area contributed by atoms with E-state index in [0.717, 1.165) is 17.7 Å². The van der Waals surface area contributed by atoms with E-state index in [1.807, 2.05) is 19.1 Å². The van der Waals surface area contributed by atoms with Crippen molar-refractivity contribution in [1.82, 2.24) is 10.2 Å². The molecule has 144 valence electrons. The SMILES string of the molecule is Cc1ccc([C@H](C)NC(=O)c2ccc(CN3CCCCCC3)cc2)cc1C. The van der Waals surface area contributed by atoms with Gasteiger partial charge in [0.25, 0.3) is 5.91 Å². The van der Waals surface area contributed by atoms with Gasteiger partial charge in [-0.15, -0.1) is 0 Å². The number of nitrogens with zero attached hydrogens (tertiary/aromatic N) is 1. The first-order chi connectivity index (χ1) is 13.0. The van der Waals surface area contributed by atoms with E-state index in [-0.39, 0.29) is 11.9 Å². The molecule has 27 heavy (non-hydrogen) atoms. The first-order valence-electron chi connectivity index (χ1n) is 10.2. The molecule has 2 aromatic rings. The van der Waals surface area contributed by atoms with Crippen LogP contribution in [-0.4, -0.2) is 23.9 Å². The summed E-state index contributed by atoms with van der Waals surface area (Å²) in [6.07, 6.45) is 5.32. The molecule has 2 aromatic carbocycles. The van der Waals surface area contributed by atoms with Crippen LogP contribution in [0.2, 0.25) is 0 Å². The summed E-state index contributed by atoms with van der Waals surface area (Å²) in [4.78, 5) is 15.1. The third kappa shape index (κ3) is 5.43. The van der Waals surface area contributed by atoms with Crippen molar-refractivity contribution in [1.29, 1.82) is 0 Å². The Hall–Kier alpha value is -2.13. The summed E-state index contributed by atoms with van der Waals surface area (Å²) < 4.78 is 0. The van der Waals surface area contributed by atoms with Gasteiger partial charge in [-0.2, -0.15) is 0 Å². The molecule has 1 N–H and O–H groups in total. The molecule has 3 heteroatoms. The Morgan fingerprint density at radius 3 is 2.26 bits per heavy atom. The fraction of sp³-hybridized carbons (Fsp3) is 0.458. The number of carbonyl (C=O) groups excluding carboxylic acids is 1. The van der Waals surface area contributed by atoms with Crippen LogP contribution in [0.3, 0.4) is 0 Å². The Balaban J connectivity index is 1.58. The molecule has 0 aliphatic carbocycles. The molecule has 3 rings (SSSR count). The number of benzene rings is 2. The second-order valence-electron chi connectivity index (χ2n) is 7.93. The van der Waals surface area contributed by atoms with Gasteiger partial charge in [0.05, 0.1) is 6.04 Å². The van der Waals surface area contributed by atoms with Gasteiger partial charge < -0.3 is 5.32 Å². The largest absolute Gasteiger partial charge is 0.346 e. The monoisotopic (exact) mass is 364 g/mol. The van der Waals surface area contributed by atoms with Crippen molar-refractivity contribution in [2.24, 2.45) is 0 Å². The molecule has 0 radical (unpaired) electrons. The lowest BCUT2D eigenvalue weighted by atomic mass is 10.0. The molecule has 0 aromatic heterocycles. The summed E-state index contributed by atoms with van der Waals surface area (Å²) in [6.45, 7) is 9.62. The molecule has 0 unspecified atom stereocenters. The lowest BCUT2D eigenvalue weighted by Gasteiger charge is -2.20. The summed E-state index contributed by atoms with van der Waals surface area (Å²) in [6, 6.07) is 14.5. The van der Waals surface area contributed by atoms with Crippen molar-refractivity contribution in [3.8, 4) is 0 Å². The number of likely N-dealkylation sites (tertiary alicyclic amines) is 1. The summed E-state index contributed by atoms with van der Waals surface area (Å²) in [7, 11) is 0. The highest BCUT2D eigenvalue weighted by atomic mass is 16.1. The normalized spacial score (nSPS) is 16.6. The molecule has 1 heterocycles. The van der Waals surface area contributed by atoms with Gasteiger partial charge in [0.1, 0.15) is 0 Å². The fourth-order valence-corrected chi connectivity index (χ4v) is 3.71. The van der Waals surface area contributed by atoms with Gasteiger partial charge >= 0.3 is 0 Å². The zero-order valence-corrected chi connectivity index (χ0v) is 16.9. The number of amides is 1. The van der Waals surface area contributed by atoms with Gasteiger partial charge in [-0.1, -0.05) is 43.2 Å². The van der Waals surface area contributed by atoms with Crippen LogP contribution in [0.4, 0.5) is 0 Å². The van der Waals surface area contributed by atoms with Crippen LogP contribution in [0.15, 0.2) is 42.5 Å². The Labute approximate surface area is 163 Å². The first kappa shape index (κ1) is 19.6. The smallest absolute Gasteiger partial charge is 0.251 e.